The first-order chi connectivity index (χ1) is 16.0. The molecule has 1 saturated heterocycles. The van der Waals surface area contributed by atoms with Crippen LogP contribution in [0.15, 0.2) is 27.4 Å². The Morgan fingerprint density at radius 1 is 1.00 bits per heavy atom. The summed E-state index contributed by atoms with van der Waals surface area (Å²) in [4.78, 5) is 60.2. The summed E-state index contributed by atoms with van der Waals surface area (Å²) in [5, 5.41) is 2.63. The lowest BCUT2D eigenvalue weighted by Crippen LogP contribution is -2.64. The van der Waals surface area contributed by atoms with Gasteiger partial charge in [0.2, 0.25) is 5.91 Å². The predicted octanol–water partition coefficient (Wildman–Crippen LogP) is 0.732. The fourth-order valence-corrected chi connectivity index (χ4v) is 3.91. The van der Waals surface area contributed by atoms with Gasteiger partial charge in [-0.2, -0.15) is 0 Å². The van der Waals surface area contributed by atoms with E-state index in [4.69, 9.17) is 23.4 Å². The molecular weight excluding hydrogens is 452 g/mol. The van der Waals surface area contributed by atoms with Crippen molar-refractivity contribution in [2.75, 3.05) is 6.61 Å². The van der Waals surface area contributed by atoms with E-state index in [1.807, 2.05) is 6.92 Å². The van der Waals surface area contributed by atoms with Gasteiger partial charge in [-0.05, 0) is 24.6 Å². The van der Waals surface area contributed by atoms with Crippen LogP contribution in [0, 0.1) is 6.92 Å². The number of carbonyl (C=O) groups excluding carboxylic acids is 4. The van der Waals surface area contributed by atoms with Crippen LogP contribution in [0.2, 0.25) is 0 Å². The number of hydrogen-bond donors (Lipinski definition) is 1. The SMILES string of the molecule is CC(=O)N[C@H]1[C@H](OC(C)=O)[C@H](OC(C)=O)[C@H](COC(C)=O)O[C@@H]1n1c(=O)oc2ccc(C)cc21. The fraction of sp³-hybridized carbons (Fsp3) is 0.500. The van der Waals surface area contributed by atoms with Gasteiger partial charge in [-0.3, -0.25) is 19.2 Å². The molecule has 0 spiro atoms. The van der Waals surface area contributed by atoms with Gasteiger partial charge in [-0.25, -0.2) is 9.36 Å². The molecule has 3 rings (SSSR count). The molecule has 1 fully saturated rings. The van der Waals surface area contributed by atoms with Gasteiger partial charge in [0.15, 0.2) is 24.0 Å². The van der Waals surface area contributed by atoms with Crippen LogP contribution in [0.4, 0.5) is 0 Å². The lowest BCUT2D eigenvalue weighted by molar-refractivity contribution is -0.237. The maximum Gasteiger partial charge on any atom is 0.422 e. The van der Waals surface area contributed by atoms with Crippen molar-refractivity contribution in [2.24, 2.45) is 0 Å². The zero-order valence-corrected chi connectivity index (χ0v) is 19.4. The summed E-state index contributed by atoms with van der Waals surface area (Å²) in [7, 11) is 0. The molecule has 0 saturated carbocycles. The topological polar surface area (TPSA) is 152 Å². The molecule has 0 aliphatic carbocycles. The molecule has 1 aromatic carbocycles. The average molecular weight is 478 g/mol. The number of nitrogens with zero attached hydrogens (tertiary/aromatic N) is 1. The van der Waals surface area contributed by atoms with Gasteiger partial charge < -0.3 is 28.7 Å². The highest BCUT2D eigenvalue weighted by molar-refractivity contribution is 5.75. The van der Waals surface area contributed by atoms with Gasteiger partial charge in [0, 0.05) is 27.7 Å². The van der Waals surface area contributed by atoms with Gasteiger partial charge in [-0.15, -0.1) is 0 Å². The number of rotatable bonds is 6. The third-order valence-electron chi connectivity index (χ3n) is 5.11. The maximum atomic E-state index is 12.9. The Morgan fingerprint density at radius 3 is 2.24 bits per heavy atom. The van der Waals surface area contributed by atoms with E-state index in [1.165, 1.54) is 18.4 Å². The molecule has 184 valence electrons. The van der Waals surface area contributed by atoms with Gasteiger partial charge >= 0.3 is 23.7 Å². The third-order valence-corrected chi connectivity index (χ3v) is 5.11. The Kier molecular flexibility index (Phi) is 7.40. The molecule has 0 radical (unpaired) electrons. The van der Waals surface area contributed by atoms with E-state index in [0.717, 1.165) is 19.4 Å². The zero-order valence-electron chi connectivity index (χ0n) is 19.4. The van der Waals surface area contributed by atoms with Crippen LogP contribution in [0.1, 0.15) is 39.5 Å². The molecule has 1 N–H and O–H groups in total. The third kappa shape index (κ3) is 5.45. The first kappa shape index (κ1) is 25.0. The fourth-order valence-electron chi connectivity index (χ4n) is 3.91. The normalized spacial score (nSPS) is 24.3. The van der Waals surface area contributed by atoms with Crippen molar-refractivity contribution >= 4 is 34.9 Å². The quantitative estimate of drug-likeness (QED) is 0.464. The van der Waals surface area contributed by atoms with Crippen molar-refractivity contribution in [3.8, 4) is 0 Å². The Labute approximate surface area is 194 Å². The van der Waals surface area contributed by atoms with Crippen LogP contribution < -0.4 is 11.1 Å². The van der Waals surface area contributed by atoms with Crippen LogP contribution in [0.3, 0.4) is 0 Å². The highest BCUT2D eigenvalue weighted by atomic mass is 16.6. The van der Waals surface area contributed by atoms with E-state index in [9.17, 15) is 24.0 Å². The molecule has 0 bridgehead atoms. The number of aryl methyl sites for hydroxylation is 1. The number of carbonyl (C=O) groups is 4. The number of esters is 3. The average Bonchev–Trinajstić information content (AvgIpc) is 3.03. The largest absolute Gasteiger partial charge is 0.463 e. The van der Waals surface area contributed by atoms with Gasteiger partial charge in [0.05, 0.1) is 5.52 Å². The van der Waals surface area contributed by atoms with Crippen molar-refractivity contribution in [1.82, 2.24) is 9.88 Å². The minimum absolute atomic E-state index is 0.267. The molecule has 0 unspecified atom stereocenters. The summed E-state index contributed by atoms with van der Waals surface area (Å²) in [5.41, 5.74) is 1.45. The molecule has 1 amide bonds. The highest BCUT2D eigenvalue weighted by Gasteiger charge is 2.52. The minimum atomic E-state index is -1.29. The number of ether oxygens (including phenoxy) is 4. The summed E-state index contributed by atoms with van der Waals surface area (Å²) >= 11 is 0. The molecule has 1 aliphatic rings. The Bertz CT molecular complexity index is 1170. The van der Waals surface area contributed by atoms with Crippen molar-refractivity contribution < 1.29 is 42.5 Å². The van der Waals surface area contributed by atoms with Crippen LogP contribution in [-0.4, -0.2) is 59.3 Å². The summed E-state index contributed by atoms with van der Waals surface area (Å²) in [6, 6.07) is 3.89. The minimum Gasteiger partial charge on any atom is -0.463 e. The number of hydrogen-bond acceptors (Lipinski definition) is 10. The number of benzene rings is 1. The van der Waals surface area contributed by atoms with E-state index in [-0.39, 0.29) is 12.2 Å². The summed E-state index contributed by atoms with van der Waals surface area (Å²) < 4.78 is 28.5. The Morgan fingerprint density at radius 2 is 1.65 bits per heavy atom. The first-order valence-corrected chi connectivity index (χ1v) is 10.5. The molecule has 2 heterocycles. The molecule has 12 nitrogen and oxygen atoms in total. The highest BCUT2D eigenvalue weighted by Crippen LogP contribution is 2.34. The summed E-state index contributed by atoms with van der Waals surface area (Å²) in [6.45, 7) is 6.14. The zero-order chi connectivity index (χ0) is 25.2. The van der Waals surface area contributed by atoms with E-state index < -0.39 is 60.2 Å². The van der Waals surface area contributed by atoms with Crippen molar-refractivity contribution in [2.45, 2.75) is 65.2 Å². The van der Waals surface area contributed by atoms with E-state index in [2.05, 4.69) is 5.32 Å². The number of fused-ring (bicyclic) bond motifs is 1. The number of nitrogens with one attached hydrogen (secondary N) is 1. The molecule has 2 aromatic rings. The predicted molar refractivity (Wildman–Crippen MR) is 114 cm³/mol. The number of aromatic nitrogens is 1. The van der Waals surface area contributed by atoms with Gasteiger partial charge in [0.1, 0.15) is 18.8 Å². The smallest absolute Gasteiger partial charge is 0.422 e. The Balaban J connectivity index is 2.19. The molecule has 1 aliphatic heterocycles. The van der Waals surface area contributed by atoms with Crippen LogP contribution in [-0.2, 0) is 38.1 Å². The second kappa shape index (κ2) is 10.1. The van der Waals surface area contributed by atoms with Crippen molar-refractivity contribution in [3.05, 3.63) is 34.3 Å². The van der Waals surface area contributed by atoms with Crippen molar-refractivity contribution in [3.63, 3.8) is 0 Å². The lowest BCUT2D eigenvalue weighted by atomic mass is 9.94. The van der Waals surface area contributed by atoms with Gasteiger partial charge in [0.25, 0.3) is 0 Å². The Hall–Kier alpha value is -3.67. The maximum absolute atomic E-state index is 12.9. The van der Waals surface area contributed by atoms with E-state index >= 15 is 0 Å². The molecule has 5 atom stereocenters. The number of amides is 1. The molecule has 34 heavy (non-hydrogen) atoms. The summed E-state index contributed by atoms with van der Waals surface area (Å²) in [5.74, 6) is -3.39. The molecule has 12 heteroatoms. The molecular formula is C22H26N2O10. The summed E-state index contributed by atoms with van der Waals surface area (Å²) in [6.07, 6.45) is -4.96. The second-order valence-electron chi connectivity index (χ2n) is 7.95. The van der Waals surface area contributed by atoms with E-state index in [0.29, 0.717) is 5.52 Å². The number of oxazole rings is 1. The van der Waals surface area contributed by atoms with E-state index in [1.54, 1.807) is 18.2 Å². The van der Waals surface area contributed by atoms with Gasteiger partial charge in [-0.1, -0.05) is 6.07 Å². The van der Waals surface area contributed by atoms with Crippen LogP contribution in [0.25, 0.3) is 11.1 Å². The monoisotopic (exact) mass is 478 g/mol. The van der Waals surface area contributed by atoms with Crippen LogP contribution >= 0.6 is 0 Å². The first-order valence-electron chi connectivity index (χ1n) is 10.5. The standard InChI is InChI=1S/C22H26N2O10/c1-10-6-7-16-15(8-10)24(22(29)34-16)21-18(23-11(2)25)20(32-14(5)28)19(31-13(4)27)17(33-21)9-30-12(3)26/h6-8,17-21H,9H2,1-5H3,(H,23,25)/t17-,18-,19+,20-,21-/m0/s1. The van der Waals surface area contributed by atoms with Crippen LogP contribution in [0.5, 0.6) is 0 Å². The second-order valence-corrected chi connectivity index (χ2v) is 7.95. The lowest BCUT2D eigenvalue weighted by Gasteiger charge is -2.45. The molecule has 1 aromatic heterocycles. The van der Waals surface area contributed by atoms with Crippen molar-refractivity contribution in [1.29, 1.82) is 0 Å².